The molecule has 0 bridgehead atoms. The molecular weight excluding hydrogens is 303 g/mol. The predicted molar refractivity (Wildman–Crippen MR) is 61.5 cm³/mol. The zero-order valence-corrected chi connectivity index (χ0v) is 10.8. The van der Waals surface area contributed by atoms with Crippen molar-refractivity contribution in [1.29, 1.82) is 0 Å². The van der Waals surface area contributed by atoms with E-state index < -0.39 is 28.9 Å². The molecule has 2 unspecified atom stereocenters. The summed E-state index contributed by atoms with van der Waals surface area (Å²) in [6, 6.07) is 4.09. The molecule has 0 aliphatic heterocycles. The Morgan fingerprint density at radius 3 is 2.32 bits per heavy atom. The molecular formula is C7H8N2O8PS+. The van der Waals surface area contributed by atoms with E-state index in [2.05, 4.69) is 8.71 Å². The molecule has 0 spiro atoms. The molecule has 0 aromatic heterocycles. The lowest BCUT2D eigenvalue weighted by molar-refractivity contribution is -0.384. The van der Waals surface area contributed by atoms with Crippen LogP contribution >= 0.6 is 8.25 Å². The van der Waals surface area contributed by atoms with Crippen LogP contribution in [-0.2, 0) is 19.2 Å². The highest BCUT2D eigenvalue weighted by atomic mass is 32.2. The summed E-state index contributed by atoms with van der Waals surface area (Å²) in [4.78, 5) is 18.1. The second kappa shape index (κ2) is 5.99. The van der Waals surface area contributed by atoms with Crippen LogP contribution in [0.3, 0.4) is 0 Å². The maximum atomic E-state index is 11.4. The number of nitro benzene ring substituents is 1. The van der Waals surface area contributed by atoms with Gasteiger partial charge in [-0.25, -0.2) is 0 Å². The lowest BCUT2D eigenvalue weighted by atomic mass is 10.3. The van der Waals surface area contributed by atoms with Gasteiger partial charge in [-0.1, -0.05) is 4.52 Å². The molecule has 0 amide bonds. The van der Waals surface area contributed by atoms with Crippen molar-refractivity contribution in [3.8, 4) is 5.75 Å². The van der Waals surface area contributed by atoms with Gasteiger partial charge in [0.15, 0.2) is 0 Å². The summed E-state index contributed by atoms with van der Waals surface area (Å²) in [5.74, 6) is -0.252. The van der Waals surface area contributed by atoms with Gasteiger partial charge < -0.3 is 4.18 Å². The standard InChI is InChI=1S/C7H7N2O8PS/c8-7(16-18(12)13)19(14,15)17-6-3-1-5(2-4-6)9(10)11/h1-4,7H,8H2/p+1. The maximum Gasteiger partial charge on any atom is 0.697 e. The van der Waals surface area contributed by atoms with Gasteiger partial charge >= 0.3 is 23.9 Å². The van der Waals surface area contributed by atoms with Crippen LogP contribution in [0.25, 0.3) is 0 Å². The SMILES string of the molecule is NC(O[P+](=O)O)S(=O)(=O)Oc1ccc([N+](=O)[O-])cc1. The summed E-state index contributed by atoms with van der Waals surface area (Å²) in [5, 5.41) is 10.4. The molecule has 10 nitrogen and oxygen atoms in total. The lowest BCUT2D eigenvalue weighted by Crippen LogP contribution is -2.34. The summed E-state index contributed by atoms with van der Waals surface area (Å²) in [6.45, 7) is 0. The fourth-order valence-electron chi connectivity index (χ4n) is 0.947. The predicted octanol–water partition coefficient (Wildman–Crippen LogP) is 0.212. The summed E-state index contributed by atoms with van der Waals surface area (Å²) < 4.78 is 41.5. The molecule has 0 heterocycles. The first-order chi connectivity index (χ1) is 8.72. The van der Waals surface area contributed by atoms with Crippen molar-refractivity contribution >= 4 is 24.1 Å². The van der Waals surface area contributed by atoms with E-state index in [9.17, 15) is 23.1 Å². The van der Waals surface area contributed by atoms with Crippen LogP contribution in [0.4, 0.5) is 5.69 Å². The monoisotopic (exact) mass is 311 g/mol. The Labute approximate surface area is 108 Å². The number of nitrogens with zero attached hydrogens (tertiary/aromatic N) is 1. The first-order valence-electron chi connectivity index (χ1n) is 4.48. The second-order valence-corrected chi connectivity index (χ2v) is 5.34. The Morgan fingerprint density at radius 1 is 1.37 bits per heavy atom. The zero-order valence-electron chi connectivity index (χ0n) is 9.07. The van der Waals surface area contributed by atoms with E-state index in [1.807, 2.05) is 0 Å². The van der Waals surface area contributed by atoms with Crippen LogP contribution in [0.15, 0.2) is 24.3 Å². The van der Waals surface area contributed by atoms with Gasteiger partial charge in [-0.15, -0.1) is 4.89 Å². The van der Waals surface area contributed by atoms with Crippen molar-refractivity contribution in [3.63, 3.8) is 0 Å². The first-order valence-corrected chi connectivity index (χ1v) is 7.09. The van der Waals surface area contributed by atoms with E-state index in [4.69, 9.17) is 10.6 Å². The zero-order chi connectivity index (χ0) is 14.6. The molecule has 0 aliphatic carbocycles. The number of rotatable bonds is 6. The molecule has 19 heavy (non-hydrogen) atoms. The van der Waals surface area contributed by atoms with Crippen molar-refractivity contribution in [1.82, 2.24) is 0 Å². The van der Waals surface area contributed by atoms with Gasteiger partial charge in [0, 0.05) is 16.7 Å². The summed E-state index contributed by atoms with van der Waals surface area (Å²) in [6.07, 6.45) is 0. The minimum atomic E-state index is -4.50. The molecule has 104 valence electrons. The average molecular weight is 311 g/mol. The molecule has 0 saturated carbocycles. The molecule has 0 aliphatic rings. The Morgan fingerprint density at radius 2 is 1.89 bits per heavy atom. The Balaban J connectivity index is 2.83. The van der Waals surface area contributed by atoms with E-state index in [1.165, 1.54) is 0 Å². The van der Waals surface area contributed by atoms with Gasteiger partial charge in [0.2, 0.25) is 0 Å². The average Bonchev–Trinajstić information content (AvgIpc) is 2.28. The number of nitro groups is 1. The number of nitrogens with two attached hydrogens (primary N) is 1. The van der Waals surface area contributed by atoms with Crippen molar-refractivity contribution in [2.24, 2.45) is 5.73 Å². The maximum absolute atomic E-state index is 11.4. The third-order valence-corrected chi connectivity index (χ3v) is 3.38. The van der Waals surface area contributed by atoms with Crippen LogP contribution in [-0.4, -0.2) is 23.8 Å². The number of hydrogen-bond donors (Lipinski definition) is 2. The molecule has 0 saturated heterocycles. The van der Waals surface area contributed by atoms with Gasteiger partial charge in [0.25, 0.3) is 5.69 Å². The summed E-state index contributed by atoms with van der Waals surface area (Å²) in [7, 11) is -7.72. The van der Waals surface area contributed by atoms with Gasteiger partial charge in [0.05, 0.1) is 4.92 Å². The topological polar surface area (TPSA) is 159 Å². The summed E-state index contributed by atoms with van der Waals surface area (Å²) in [5.41, 5.74) is 2.57. The Hall–Kier alpha value is -1.65. The molecule has 0 fully saturated rings. The highest BCUT2D eigenvalue weighted by Crippen LogP contribution is 2.22. The van der Waals surface area contributed by atoms with E-state index in [0.29, 0.717) is 0 Å². The normalized spacial score (nSPS) is 13.7. The molecule has 12 heteroatoms. The lowest BCUT2D eigenvalue weighted by Gasteiger charge is -2.08. The third-order valence-electron chi connectivity index (χ3n) is 1.74. The van der Waals surface area contributed by atoms with Crippen LogP contribution in [0.1, 0.15) is 0 Å². The fourth-order valence-corrected chi connectivity index (χ4v) is 2.24. The van der Waals surface area contributed by atoms with Gasteiger partial charge in [-0.2, -0.15) is 8.42 Å². The molecule has 1 aromatic rings. The van der Waals surface area contributed by atoms with Crippen molar-refractivity contribution in [2.45, 2.75) is 5.56 Å². The minimum Gasteiger partial charge on any atom is -0.379 e. The molecule has 0 radical (unpaired) electrons. The highest BCUT2D eigenvalue weighted by molar-refractivity contribution is 7.87. The Bertz CT molecular complexity index is 586. The number of benzene rings is 1. The number of hydrogen-bond acceptors (Lipinski definition) is 8. The molecule has 1 rings (SSSR count). The van der Waals surface area contributed by atoms with E-state index in [-0.39, 0.29) is 11.4 Å². The smallest absolute Gasteiger partial charge is 0.379 e. The van der Waals surface area contributed by atoms with Gasteiger partial charge in [0.1, 0.15) is 5.75 Å². The van der Waals surface area contributed by atoms with Crippen LogP contribution in [0, 0.1) is 10.1 Å². The van der Waals surface area contributed by atoms with Gasteiger partial charge in [-0.05, 0) is 12.1 Å². The van der Waals surface area contributed by atoms with Gasteiger partial charge in [-0.3, -0.25) is 15.8 Å². The quantitative estimate of drug-likeness (QED) is 0.246. The summed E-state index contributed by atoms with van der Waals surface area (Å²) >= 11 is 0. The highest BCUT2D eigenvalue weighted by Gasteiger charge is 2.33. The third kappa shape index (κ3) is 4.50. The van der Waals surface area contributed by atoms with E-state index in [1.54, 1.807) is 0 Å². The van der Waals surface area contributed by atoms with Crippen molar-refractivity contribution in [2.75, 3.05) is 0 Å². The molecule has 2 atom stereocenters. The minimum absolute atomic E-state index is 0.252. The molecule has 3 N–H and O–H groups in total. The molecule has 1 aromatic carbocycles. The van der Waals surface area contributed by atoms with E-state index in [0.717, 1.165) is 24.3 Å². The largest absolute Gasteiger partial charge is 0.697 e. The number of non-ortho nitro benzene ring substituents is 1. The van der Waals surface area contributed by atoms with Crippen molar-refractivity contribution < 1.29 is 31.5 Å². The fraction of sp³-hybridized carbons (Fsp3) is 0.143. The van der Waals surface area contributed by atoms with Crippen LogP contribution in [0.2, 0.25) is 0 Å². The Kier molecular flexibility index (Phi) is 4.86. The van der Waals surface area contributed by atoms with Crippen molar-refractivity contribution in [3.05, 3.63) is 34.4 Å². The first kappa shape index (κ1) is 15.4. The van der Waals surface area contributed by atoms with E-state index >= 15 is 0 Å². The second-order valence-electron chi connectivity index (χ2n) is 3.04. The van der Waals surface area contributed by atoms with Crippen LogP contribution in [0.5, 0.6) is 5.75 Å². The van der Waals surface area contributed by atoms with Crippen LogP contribution < -0.4 is 9.92 Å².